The van der Waals surface area contributed by atoms with Crippen LogP contribution in [0.1, 0.15) is 46.6 Å². The third kappa shape index (κ3) is 12.6. The Morgan fingerprint density at radius 1 is 1.03 bits per heavy atom. The van der Waals surface area contributed by atoms with Crippen LogP contribution in [0, 0.1) is 11.3 Å². The lowest BCUT2D eigenvalue weighted by molar-refractivity contribution is -0.126. The number of amides is 1. The molecule has 1 amide bonds. The highest BCUT2D eigenvalue weighted by atomic mass is 32.2. The number of hydrogen-bond acceptors (Lipinski definition) is 5. The van der Waals surface area contributed by atoms with Gasteiger partial charge in [-0.1, -0.05) is 113 Å². The fraction of sp³-hybridized carbons (Fsp3) is 0.536. The molecule has 190 valence electrons. The van der Waals surface area contributed by atoms with Crippen LogP contribution in [0.5, 0.6) is 0 Å². The number of nitrogens with two attached hydrogens (primary N) is 1. The summed E-state index contributed by atoms with van der Waals surface area (Å²) in [5, 5.41) is 14.0. The number of carbonyl (C=O) groups is 1. The number of nitrogens with zero attached hydrogens (tertiary/aromatic N) is 1. The Labute approximate surface area is 211 Å². The van der Waals surface area contributed by atoms with Gasteiger partial charge < -0.3 is 16.2 Å². The minimum absolute atomic E-state index is 0.217. The highest BCUT2D eigenvalue weighted by Crippen LogP contribution is 2.19. The second-order valence-electron chi connectivity index (χ2n) is 10.1. The quantitative estimate of drug-likeness (QED) is 0.398. The van der Waals surface area contributed by atoms with E-state index >= 15 is 0 Å². The van der Waals surface area contributed by atoms with E-state index in [2.05, 4.69) is 23.5 Å². The van der Waals surface area contributed by atoms with Crippen molar-refractivity contribution in [2.24, 2.45) is 17.1 Å². The molecule has 5 nitrogen and oxygen atoms in total. The van der Waals surface area contributed by atoms with Crippen molar-refractivity contribution in [2.45, 2.75) is 65.6 Å². The second-order valence-corrected chi connectivity index (χ2v) is 11.0. The number of aliphatic hydroxyl groups excluding tert-OH is 1. The lowest BCUT2D eigenvalue weighted by Crippen LogP contribution is -2.56. The first kappa shape index (κ1) is 30.2. The smallest absolute Gasteiger partial charge is 0.237 e. The van der Waals surface area contributed by atoms with Crippen molar-refractivity contribution in [1.29, 1.82) is 0 Å². The topological polar surface area (TPSA) is 78.6 Å². The molecular weight excluding hydrogens is 442 g/mol. The number of nitrogens with one attached hydrogen (secondary N) is 1. The molecule has 0 aliphatic rings. The summed E-state index contributed by atoms with van der Waals surface area (Å²) in [5.74, 6) is 0.391. The van der Waals surface area contributed by atoms with Crippen molar-refractivity contribution in [2.75, 3.05) is 19.3 Å². The molecule has 0 bridgehead atoms. The Morgan fingerprint density at radius 3 is 1.97 bits per heavy atom. The van der Waals surface area contributed by atoms with E-state index < -0.39 is 18.2 Å². The minimum Gasteiger partial charge on any atom is -0.390 e. The standard InChI is InChI=1S/C22H39N3O2S.C6H6/c1-16(2)12-13-25(28-6)15-19(26)18(14-17-10-8-7-9-11-17)24-21(27)20(23)22(3,4)5;1-2-4-6-5-3-1/h7-11,16,18-20,26H,12-15,23H2,1-6H3,(H,24,27);1-6H/t18-,19+,20+;/m0./s1. The Balaban J connectivity index is 0.000000830. The Morgan fingerprint density at radius 2 is 1.53 bits per heavy atom. The van der Waals surface area contributed by atoms with E-state index in [1.165, 1.54) is 0 Å². The van der Waals surface area contributed by atoms with Crippen molar-refractivity contribution in [1.82, 2.24) is 9.62 Å². The number of rotatable bonds is 11. The summed E-state index contributed by atoms with van der Waals surface area (Å²) in [6.45, 7) is 11.6. The van der Waals surface area contributed by atoms with Crippen molar-refractivity contribution < 1.29 is 9.90 Å². The van der Waals surface area contributed by atoms with Crippen molar-refractivity contribution in [3.8, 4) is 0 Å². The number of hydrogen-bond donors (Lipinski definition) is 3. The molecule has 0 spiro atoms. The maximum absolute atomic E-state index is 12.7. The molecule has 0 aliphatic carbocycles. The molecular formula is C28H45N3O2S. The largest absolute Gasteiger partial charge is 0.390 e. The van der Waals surface area contributed by atoms with Gasteiger partial charge in [-0.3, -0.25) is 4.79 Å². The van der Waals surface area contributed by atoms with Crippen molar-refractivity contribution in [3.63, 3.8) is 0 Å². The lowest BCUT2D eigenvalue weighted by Gasteiger charge is -2.32. The maximum Gasteiger partial charge on any atom is 0.237 e. The van der Waals surface area contributed by atoms with Crippen LogP contribution in [0.15, 0.2) is 66.7 Å². The van der Waals surface area contributed by atoms with Crippen molar-refractivity contribution in [3.05, 3.63) is 72.3 Å². The average molecular weight is 488 g/mol. The predicted molar refractivity (Wildman–Crippen MR) is 146 cm³/mol. The van der Waals surface area contributed by atoms with Crippen LogP contribution < -0.4 is 11.1 Å². The summed E-state index contributed by atoms with van der Waals surface area (Å²) in [4.78, 5) is 12.7. The fourth-order valence-corrected chi connectivity index (χ4v) is 3.79. The van der Waals surface area contributed by atoms with Crippen LogP contribution in [-0.4, -0.2) is 52.9 Å². The monoisotopic (exact) mass is 487 g/mol. The number of aliphatic hydroxyl groups is 1. The molecule has 0 unspecified atom stereocenters. The van der Waals surface area contributed by atoms with Gasteiger partial charge in [0.05, 0.1) is 18.2 Å². The Hall–Kier alpha value is -1.86. The van der Waals surface area contributed by atoms with Gasteiger partial charge in [0.2, 0.25) is 5.91 Å². The van der Waals surface area contributed by atoms with E-state index in [9.17, 15) is 9.90 Å². The zero-order valence-corrected chi connectivity index (χ0v) is 22.6. The highest BCUT2D eigenvalue weighted by molar-refractivity contribution is 7.96. The first-order valence-electron chi connectivity index (χ1n) is 12.1. The molecule has 34 heavy (non-hydrogen) atoms. The van der Waals surface area contributed by atoms with Gasteiger partial charge in [-0.15, -0.1) is 0 Å². The van der Waals surface area contributed by atoms with E-state index in [4.69, 9.17) is 5.73 Å². The summed E-state index contributed by atoms with van der Waals surface area (Å²) in [5.41, 5.74) is 6.88. The second kappa shape index (κ2) is 15.9. The van der Waals surface area contributed by atoms with Crippen LogP contribution in [0.3, 0.4) is 0 Å². The van der Waals surface area contributed by atoms with Crippen LogP contribution in [0.4, 0.5) is 0 Å². The lowest BCUT2D eigenvalue weighted by atomic mass is 9.86. The molecule has 6 heteroatoms. The van der Waals surface area contributed by atoms with E-state index in [-0.39, 0.29) is 11.3 Å². The highest BCUT2D eigenvalue weighted by Gasteiger charge is 2.31. The molecule has 0 fully saturated rings. The maximum atomic E-state index is 12.7. The predicted octanol–water partition coefficient (Wildman–Crippen LogP) is 4.76. The first-order valence-corrected chi connectivity index (χ1v) is 13.3. The summed E-state index contributed by atoms with van der Waals surface area (Å²) in [6.07, 6.45) is 2.97. The summed E-state index contributed by atoms with van der Waals surface area (Å²) in [7, 11) is 0. The minimum atomic E-state index is -0.684. The third-order valence-corrected chi connectivity index (χ3v) is 6.43. The molecule has 0 radical (unpaired) electrons. The van der Waals surface area contributed by atoms with E-state index in [0.29, 0.717) is 18.9 Å². The average Bonchev–Trinajstić information content (AvgIpc) is 2.82. The van der Waals surface area contributed by atoms with E-state index in [1.54, 1.807) is 11.9 Å². The number of carbonyl (C=O) groups excluding carboxylic acids is 1. The molecule has 0 heterocycles. The van der Waals surface area contributed by atoms with Crippen LogP contribution >= 0.6 is 11.9 Å². The van der Waals surface area contributed by atoms with Gasteiger partial charge >= 0.3 is 0 Å². The van der Waals surface area contributed by atoms with Gasteiger partial charge in [0.1, 0.15) is 0 Å². The summed E-state index contributed by atoms with van der Waals surface area (Å²) < 4.78 is 2.17. The molecule has 0 aliphatic heterocycles. The van der Waals surface area contributed by atoms with Crippen molar-refractivity contribution >= 4 is 17.9 Å². The molecule has 4 N–H and O–H groups in total. The normalized spacial score (nSPS) is 14.2. The van der Waals surface area contributed by atoms with Gasteiger partial charge in [-0.05, 0) is 36.0 Å². The zero-order valence-electron chi connectivity index (χ0n) is 21.8. The van der Waals surface area contributed by atoms with Crippen LogP contribution in [0.2, 0.25) is 0 Å². The Kier molecular flexibility index (Phi) is 14.1. The molecule has 2 rings (SSSR count). The molecule has 0 saturated carbocycles. The molecule has 0 saturated heterocycles. The summed E-state index contributed by atoms with van der Waals surface area (Å²) >= 11 is 1.63. The molecule has 2 aromatic rings. The van der Waals surface area contributed by atoms with Gasteiger partial charge in [0.15, 0.2) is 0 Å². The van der Waals surface area contributed by atoms with Gasteiger partial charge in [0, 0.05) is 13.1 Å². The van der Waals surface area contributed by atoms with Gasteiger partial charge in [-0.2, -0.15) is 0 Å². The third-order valence-electron chi connectivity index (χ3n) is 5.58. The fourth-order valence-electron chi connectivity index (χ4n) is 3.20. The van der Waals surface area contributed by atoms with E-state index in [0.717, 1.165) is 18.5 Å². The number of benzene rings is 2. The van der Waals surface area contributed by atoms with Crippen LogP contribution in [0.25, 0.3) is 0 Å². The van der Waals surface area contributed by atoms with E-state index in [1.807, 2.05) is 93.8 Å². The molecule has 3 atom stereocenters. The van der Waals surface area contributed by atoms with Gasteiger partial charge in [-0.25, -0.2) is 4.31 Å². The molecule has 0 aromatic heterocycles. The first-order chi connectivity index (χ1) is 16.0. The zero-order chi connectivity index (χ0) is 25.6. The van der Waals surface area contributed by atoms with Crippen LogP contribution in [-0.2, 0) is 11.2 Å². The Bertz CT molecular complexity index is 755. The molecule has 2 aromatic carbocycles. The van der Waals surface area contributed by atoms with Gasteiger partial charge in [0.25, 0.3) is 0 Å². The summed E-state index contributed by atoms with van der Waals surface area (Å²) in [6, 6.07) is 20.9. The SMILES string of the molecule is CSN(CCC(C)C)C[C@@H](O)[C@H](Cc1ccccc1)NC(=O)[C@@H](N)C(C)(C)C.c1ccccc1.